The number of nitrogens with zero attached hydrogens (tertiary/aromatic N) is 1. The van der Waals surface area contributed by atoms with E-state index >= 15 is 0 Å². The number of carbonyl (C=O) groups is 1. The topological polar surface area (TPSA) is 38.8 Å². The second-order valence-corrected chi connectivity index (χ2v) is 5.63. The summed E-state index contributed by atoms with van der Waals surface area (Å²) in [7, 11) is 3.32. The maximum absolute atomic E-state index is 12.0. The lowest BCUT2D eigenvalue weighted by molar-refractivity contribution is 0.0589. The number of amides is 1. The van der Waals surface area contributed by atoms with E-state index in [0.717, 1.165) is 22.6 Å². The highest BCUT2D eigenvalue weighted by Gasteiger charge is 2.21. The van der Waals surface area contributed by atoms with E-state index in [1.807, 2.05) is 46.8 Å². The molecule has 0 aliphatic carbocycles. The minimum absolute atomic E-state index is 0.377. The molecule has 19 heavy (non-hydrogen) atoms. The highest BCUT2D eigenvalue weighted by atomic mass is 16.6. The third-order valence-corrected chi connectivity index (χ3v) is 2.88. The molecule has 1 amide bonds. The molecule has 4 nitrogen and oxygen atoms in total. The molecule has 0 saturated heterocycles. The average molecular weight is 265 g/mol. The molecular weight excluding hydrogens is 242 g/mol. The van der Waals surface area contributed by atoms with E-state index in [0.29, 0.717) is 0 Å². The zero-order valence-electron chi connectivity index (χ0n) is 12.8. The normalized spacial score (nSPS) is 11.1. The summed E-state index contributed by atoms with van der Waals surface area (Å²) in [6, 6.07) is 3.79. The SMILES string of the molecule is COc1cc(N(C)C(=O)OC(C)(C)C)cc(C)c1C. The predicted octanol–water partition coefficient (Wildman–Crippen LogP) is 3.68. The van der Waals surface area contributed by atoms with E-state index in [2.05, 4.69) is 0 Å². The van der Waals surface area contributed by atoms with Gasteiger partial charge in [-0.1, -0.05) is 0 Å². The van der Waals surface area contributed by atoms with Crippen LogP contribution in [0.5, 0.6) is 5.75 Å². The van der Waals surface area contributed by atoms with Crippen LogP contribution < -0.4 is 9.64 Å². The molecule has 1 aromatic carbocycles. The molecule has 0 aromatic heterocycles. The summed E-state index contributed by atoms with van der Waals surface area (Å²) in [6.07, 6.45) is -0.377. The lowest BCUT2D eigenvalue weighted by Gasteiger charge is -2.25. The van der Waals surface area contributed by atoms with Gasteiger partial charge in [-0.3, -0.25) is 4.90 Å². The number of ether oxygens (including phenoxy) is 2. The summed E-state index contributed by atoms with van der Waals surface area (Å²) in [6.45, 7) is 9.52. The molecule has 0 radical (unpaired) electrons. The highest BCUT2D eigenvalue weighted by Crippen LogP contribution is 2.28. The van der Waals surface area contributed by atoms with Crippen molar-refractivity contribution in [3.63, 3.8) is 0 Å². The number of aryl methyl sites for hydroxylation is 1. The molecular formula is C15H23NO3. The molecule has 4 heteroatoms. The van der Waals surface area contributed by atoms with Crippen LogP contribution in [0.25, 0.3) is 0 Å². The van der Waals surface area contributed by atoms with Gasteiger partial charge < -0.3 is 9.47 Å². The maximum atomic E-state index is 12.0. The zero-order chi connectivity index (χ0) is 14.8. The Balaban J connectivity index is 3.03. The van der Waals surface area contributed by atoms with Crippen molar-refractivity contribution < 1.29 is 14.3 Å². The highest BCUT2D eigenvalue weighted by molar-refractivity contribution is 5.87. The van der Waals surface area contributed by atoms with Crippen molar-refractivity contribution in [3.05, 3.63) is 23.3 Å². The van der Waals surface area contributed by atoms with Gasteiger partial charge in [-0.2, -0.15) is 0 Å². The Bertz CT molecular complexity index is 475. The second-order valence-electron chi connectivity index (χ2n) is 5.63. The molecule has 0 saturated carbocycles. The molecule has 0 aliphatic rings. The number of benzene rings is 1. The van der Waals surface area contributed by atoms with Crippen molar-refractivity contribution in [1.82, 2.24) is 0 Å². The lowest BCUT2D eigenvalue weighted by Crippen LogP contribution is -2.34. The van der Waals surface area contributed by atoms with Gasteiger partial charge in [0.2, 0.25) is 0 Å². The summed E-state index contributed by atoms with van der Waals surface area (Å²) in [5.74, 6) is 0.769. The molecule has 0 unspecified atom stereocenters. The minimum atomic E-state index is -0.505. The van der Waals surface area contributed by atoms with Crippen LogP contribution in [-0.2, 0) is 4.74 Å². The first kappa shape index (κ1) is 15.3. The molecule has 0 heterocycles. The van der Waals surface area contributed by atoms with Crippen LogP contribution >= 0.6 is 0 Å². The molecule has 1 rings (SSSR count). The van der Waals surface area contributed by atoms with Crippen molar-refractivity contribution in [2.24, 2.45) is 0 Å². The van der Waals surface area contributed by atoms with Gasteiger partial charge in [0.25, 0.3) is 0 Å². The van der Waals surface area contributed by atoms with Crippen LogP contribution in [0, 0.1) is 13.8 Å². The van der Waals surface area contributed by atoms with Crippen LogP contribution in [0.2, 0.25) is 0 Å². The Morgan fingerprint density at radius 2 is 1.79 bits per heavy atom. The first-order valence-corrected chi connectivity index (χ1v) is 6.27. The van der Waals surface area contributed by atoms with Gasteiger partial charge in [0, 0.05) is 13.1 Å². The van der Waals surface area contributed by atoms with Crippen LogP contribution in [0.1, 0.15) is 31.9 Å². The van der Waals surface area contributed by atoms with Gasteiger partial charge in [-0.25, -0.2) is 4.79 Å². The average Bonchev–Trinajstić information content (AvgIpc) is 2.29. The number of methoxy groups -OCH3 is 1. The molecule has 0 bridgehead atoms. The Kier molecular flexibility index (Phi) is 4.45. The van der Waals surface area contributed by atoms with E-state index in [4.69, 9.17) is 9.47 Å². The largest absolute Gasteiger partial charge is 0.496 e. The monoisotopic (exact) mass is 265 g/mol. The first-order valence-electron chi connectivity index (χ1n) is 6.27. The fourth-order valence-electron chi connectivity index (χ4n) is 1.65. The Hall–Kier alpha value is -1.71. The Morgan fingerprint density at radius 1 is 1.21 bits per heavy atom. The van der Waals surface area contributed by atoms with Crippen molar-refractivity contribution >= 4 is 11.8 Å². The molecule has 0 fully saturated rings. The van der Waals surface area contributed by atoms with Crippen molar-refractivity contribution in [2.45, 2.75) is 40.2 Å². The number of carbonyl (C=O) groups excluding carboxylic acids is 1. The third kappa shape index (κ3) is 3.88. The molecule has 1 aromatic rings. The van der Waals surface area contributed by atoms with Gasteiger partial charge in [0.15, 0.2) is 0 Å². The minimum Gasteiger partial charge on any atom is -0.496 e. The molecule has 0 N–H and O–H groups in total. The van der Waals surface area contributed by atoms with Crippen LogP contribution in [0.3, 0.4) is 0 Å². The summed E-state index contributed by atoms with van der Waals surface area (Å²) in [4.78, 5) is 13.5. The van der Waals surface area contributed by atoms with Crippen molar-refractivity contribution in [3.8, 4) is 5.75 Å². The zero-order valence-corrected chi connectivity index (χ0v) is 12.8. The van der Waals surface area contributed by atoms with E-state index < -0.39 is 5.60 Å². The Morgan fingerprint density at radius 3 is 2.26 bits per heavy atom. The number of hydrogen-bond acceptors (Lipinski definition) is 3. The summed E-state index contributed by atoms with van der Waals surface area (Å²) in [5.41, 5.74) is 2.40. The van der Waals surface area contributed by atoms with Gasteiger partial charge >= 0.3 is 6.09 Å². The maximum Gasteiger partial charge on any atom is 0.414 e. The predicted molar refractivity (Wildman–Crippen MR) is 77.1 cm³/mol. The summed E-state index contributed by atoms with van der Waals surface area (Å²) in [5, 5.41) is 0. The van der Waals surface area contributed by atoms with Crippen LogP contribution in [-0.4, -0.2) is 25.9 Å². The molecule has 0 spiro atoms. The number of rotatable bonds is 2. The molecule has 0 aliphatic heterocycles. The first-order chi connectivity index (χ1) is 8.65. The quantitative estimate of drug-likeness (QED) is 0.818. The van der Waals surface area contributed by atoms with Crippen LogP contribution in [0.15, 0.2) is 12.1 Å². The number of anilines is 1. The van der Waals surface area contributed by atoms with E-state index in [9.17, 15) is 4.79 Å². The van der Waals surface area contributed by atoms with Gasteiger partial charge in [0.1, 0.15) is 11.4 Å². The van der Waals surface area contributed by atoms with Crippen LogP contribution in [0.4, 0.5) is 10.5 Å². The standard InChI is InChI=1S/C15H23NO3/c1-10-8-12(9-13(18-7)11(10)2)16(6)14(17)19-15(3,4)5/h8-9H,1-7H3. The molecule has 106 valence electrons. The second kappa shape index (κ2) is 5.51. The van der Waals surface area contributed by atoms with E-state index in [1.165, 1.54) is 4.90 Å². The molecule has 0 atom stereocenters. The lowest BCUT2D eigenvalue weighted by atomic mass is 10.1. The van der Waals surface area contributed by atoms with Gasteiger partial charge in [-0.15, -0.1) is 0 Å². The number of hydrogen-bond donors (Lipinski definition) is 0. The third-order valence-electron chi connectivity index (χ3n) is 2.88. The smallest absolute Gasteiger partial charge is 0.414 e. The summed E-state index contributed by atoms with van der Waals surface area (Å²) < 4.78 is 10.7. The van der Waals surface area contributed by atoms with Gasteiger partial charge in [0.05, 0.1) is 12.8 Å². The fraction of sp³-hybridized carbons (Fsp3) is 0.533. The van der Waals surface area contributed by atoms with Crippen molar-refractivity contribution in [1.29, 1.82) is 0 Å². The van der Waals surface area contributed by atoms with Crippen molar-refractivity contribution in [2.75, 3.05) is 19.1 Å². The Labute approximate surface area is 115 Å². The van der Waals surface area contributed by atoms with Gasteiger partial charge in [-0.05, 0) is 51.8 Å². The van der Waals surface area contributed by atoms with E-state index in [1.54, 1.807) is 14.2 Å². The summed E-state index contributed by atoms with van der Waals surface area (Å²) >= 11 is 0. The van der Waals surface area contributed by atoms with E-state index in [-0.39, 0.29) is 6.09 Å². The fourth-order valence-corrected chi connectivity index (χ4v) is 1.65.